The average molecular weight is 303 g/mol. The summed E-state index contributed by atoms with van der Waals surface area (Å²) in [5.74, 6) is -0.160. The van der Waals surface area contributed by atoms with Crippen molar-refractivity contribution >= 4 is 11.8 Å². The Kier molecular flexibility index (Phi) is 4.56. The number of carbonyl (C=O) groups excluding carboxylic acids is 2. The molecule has 0 radical (unpaired) electrons. The van der Waals surface area contributed by atoms with Crippen LogP contribution in [0, 0.1) is 12.3 Å². The number of rotatable bonds is 5. The van der Waals surface area contributed by atoms with E-state index in [0.29, 0.717) is 13.1 Å². The van der Waals surface area contributed by atoms with Crippen LogP contribution in [-0.2, 0) is 9.59 Å². The smallest absolute Gasteiger partial charge is 0.241 e. The summed E-state index contributed by atoms with van der Waals surface area (Å²) < 4.78 is 0. The standard InChI is InChI=1S/C17H25N3O2/c1-11(2)20-10-17(4,16(20)22)9-19-15(21)14(18)13-7-5-12(3)6-8-13/h5-8,11,14H,9-10,18H2,1-4H3,(H,19,21). The molecule has 5 nitrogen and oxygen atoms in total. The maximum atomic E-state index is 12.2. The van der Waals surface area contributed by atoms with Crippen molar-refractivity contribution in [3.63, 3.8) is 0 Å². The molecule has 1 aliphatic heterocycles. The van der Waals surface area contributed by atoms with E-state index in [0.717, 1.165) is 11.1 Å². The highest BCUT2D eigenvalue weighted by molar-refractivity contribution is 5.90. The zero-order chi connectivity index (χ0) is 16.5. The minimum Gasteiger partial charge on any atom is -0.353 e. The van der Waals surface area contributed by atoms with Gasteiger partial charge >= 0.3 is 0 Å². The van der Waals surface area contributed by atoms with Gasteiger partial charge in [0.05, 0.1) is 5.41 Å². The summed E-state index contributed by atoms with van der Waals surface area (Å²) >= 11 is 0. The zero-order valence-electron chi connectivity index (χ0n) is 13.7. The SMILES string of the molecule is Cc1ccc(C(N)C(=O)NCC2(C)CN(C(C)C)C2=O)cc1. The van der Waals surface area contributed by atoms with Gasteiger partial charge in [0.2, 0.25) is 11.8 Å². The fraction of sp³-hybridized carbons (Fsp3) is 0.529. The first-order valence-electron chi connectivity index (χ1n) is 7.65. The maximum absolute atomic E-state index is 12.2. The molecule has 0 aromatic heterocycles. The number of carbonyl (C=O) groups is 2. The number of aryl methyl sites for hydroxylation is 1. The van der Waals surface area contributed by atoms with Gasteiger partial charge in [-0.2, -0.15) is 0 Å². The predicted molar refractivity (Wildman–Crippen MR) is 86.1 cm³/mol. The van der Waals surface area contributed by atoms with Gasteiger partial charge in [-0.15, -0.1) is 0 Å². The lowest BCUT2D eigenvalue weighted by Gasteiger charge is -2.49. The summed E-state index contributed by atoms with van der Waals surface area (Å²) in [5.41, 5.74) is 7.37. The molecule has 1 saturated heterocycles. The van der Waals surface area contributed by atoms with Crippen LogP contribution in [0.5, 0.6) is 0 Å². The van der Waals surface area contributed by atoms with E-state index in [2.05, 4.69) is 5.32 Å². The highest BCUT2D eigenvalue weighted by atomic mass is 16.2. The fourth-order valence-corrected chi connectivity index (χ4v) is 2.64. The van der Waals surface area contributed by atoms with Gasteiger partial charge < -0.3 is 16.0 Å². The quantitative estimate of drug-likeness (QED) is 0.807. The number of likely N-dealkylation sites (tertiary alicyclic amines) is 1. The number of amides is 2. The van der Waals surface area contributed by atoms with Crippen LogP contribution < -0.4 is 11.1 Å². The summed E-state index contributed by atoms with van der Waals surface area (Å²) in [6.45, 7) is 8.84. The van der Waals surface area contributed by atoms with Crippen molar-refractivity contribution in [2.24, 2.45) is 11.1 Å². The molecule has 1 heterocycles. The van der Waals surface area contributed by atoms with Crippen LogP contribution in [0.4, 0.5) is 0 Å². The van der Waals surface area contributed by atoms with Gasteiger partial charge in [0.15, 0.2) is 0 Å². The Labute approximate surface area is 131 Å². The molecule has 1 aromatic rings. The molecular formula is C17H25N3O2. The molecule has 2 rings (SSSR count). The van der Waals surface area contributed by atoms with E-state index in [1.54, 1.807) is 0 Å². The molecule has 0 spiro atoms. The molecule has 2 atom stereocenters. The van der Waals surface area contributed by atoms with Gasteiger partial charge in [-0.3, -0.25) is 9.59 Å². The molecular weight excluding hydrogens is 278 g/mol. The van der Waals surface area contributed by atoms with Crippen LogP contribution in [0.15, 0.2) is 24.3 Å². The van der Waals surface area contributed by atoms with Crippen molar-refractivity contribution in [2.75, 3.05) is 13.1 Å². The third-order valence-electron chi connectivity index (χ3n) is 4.29. The van der Waals surface area contributed by atoms with Crippen molar-refractivity contribution in [1.29, 1.82) is 0 Å². The first-order chi connectivity index (χ1) is 10.2. The van der Waals surface area contributed by atoms with E-state index < -0.39 is 11.5 Å². The monoisotopic (exact) mass is 303 g/mol. The van der Waals surface area contributed by atoms with Gasteiger partial charge in [0, 0.05) is 19.1 Å². The van der Waals surface area contributed by atoms with Crippen LogP contribution in [0.3, 0.4) is 0 Å². The van der Waals surface area contributed by atoms with Crippen molar-refractivity contribution in [3.8, 4) is 0 Å². The van der Waals surface area contributed by atoms with E-state index in [1.165, 1.54) is 0 Å². The Morgan fingerprint density at radius 3 is 2.45 bits per heavy atom. The Bertz CT molecular complexity index is 568. The van der Waals surface area contributed by atoms with E-state index in [4.69, 9.17) is 5.73 Å². The number of nitrogens with one attached hydrogen (secondary N) is 1. The lowest BCUT2D eigenvalue weighted by atomic mass is 9.79. The van der Waals surface area contributed by atoms with Gasteiger partial charge in [-0.05, 0) is 33.3 Å². The second-order valence-corrected chi connectivity index (χ2v) is 6.69. The maximum Gasteiger partial charge on any atom is 0.241 e. The molecule has 3 N–H and O–H groups in total. The van der Waals surface area contributed by atoms with Crippen LogP contribution in [0.1, 0.15) is 37.9 Å². The highest BCUT2D eigenvalue weighted by Gasteiger charge is 2.49. The average Bonchev–Trinajstić information content (AvgIpc) is 2.49. The number of nitrogens with zero attached hydrogens (tertiary/aromatic N) is 1. The summed E-state index contributed by atoms with van der Waals surface area (Å²) in [5, 5.41) is 2.82. The van der Waals surface area contributed by atoms with Crippen LogP contribution in [-0.4, -0.2) is 35.8 Å². The van der Waals surface area contributed by atoms with Crippen LogP contribution >= 0.6 is 0 Å². The van der Waals surface area contributed by atoms with Crippen molar-refractivity contribution in [2.45, 2.75) is 39.8 Å². The Morgan fingerprint density at radius 2 is 1.95 bits per heavy atom. The van der Waals surface area contributed by atoms with Crippen LogP contribution in [0.25, 0.3) is 0 Å². The number of nitrogens with two attached hydrogens (primary N) is 1. The third-order valence-corrected chi connectivity index (χ3v) is 4.29. The second-order valence-electron chi connectivity index (χ2n) is 6.69. The van der Waals surface area contributed by atoms with E-state index >= 15 is 0 Å². The van der Waals surface area contributed by atoms with E-state index in [1.807, 2.05) is 56.9 Å². The first-order valence-corrected chi connectivity index (χ1v) is 7.65. The zero-order valence-corrected chi connectivity index (χ0v) is 13.7. The third kappa shape index (κ3) is 3.14. The summed E-state index contributed by atoms with van der Waals surface area (Å²) in [4.78, 5) is 26.1. The molecule has 120 valence electrons. The van der Waals surface area contributed by atoms with Crippen LogP contribution in [0.2, 0.25) is 0 Å². The van der Waals surface area contributed by atoms with Gasteiger partial charge in [-0.1, -0.05) is 29.8 Å². The number of hydrogen-bond donors (Lipinski definition) is 2. The Hall–Kier alpha value is -1.88. The molecule has 2 amide bonds. The summed E-state index contributed by atoms with van der Waals surface area (Å²) in [6, 6.07) is 7.07. The first kappa shape index (κ1) is 16.5. The Morgan fingerprint density at radius 1 is 1.36 bits per heavy atom. The number of β-lactam (4-membered cyclic amide) rings is 1. The largest absolute Gasteiger partial charge is 0.353 e. The van der Waals surface area contributed by atoms with Gasteiger partial charge in [0.25, 0.3) is 0 Å². The van der Waals surface area contributed by atoms with Gasteiger partial charge in [0.1, 0.15) is 6.04 Å². The van der Waals surface area contributed by atoms with E-state index in [-0.39, 0.29) is 17.9 Å². The van der Waals surface area contributed by atoms with E-state index in [9.17, 15) is 9.59 Å². The molecule has 22 heavy (non-hydrogen) atoms. The molecule has 1 fully saturated rings. The predicted octanol–water partition coefficient (Wildman–Crippen LogP) is 1.37. The molecule has 0 saturated carbocycles. The van der Waals surface area contributed by atoms with Crippen molar-refractivity contribution in [3.05, 3.63) is 35.4 Å². The molecule has 1 aliphatic rings. The number of hydrogen-bond acceptors (Lipinski definition) is 3. The summed E-state index contributed by atoms with van der Waals surface area (Å²) in [7, 11) is 0. The molecule has 1 aromatic carbocycles. The lowest BCUT2D eigenvalue weighted by molar-refractivity contribution is -0.161. The fourth-order valence-electron chi connectivity index (χ4n) is 2.64. The molecule has 0 bridgehead atoms. The molecule has 2 unspecified atom stereocenters. The highest BCUT2D eigenvalue weighted by Crippen LogP contribution is 2.32. The van der Waals surface area contributed by atoms with Crippen molar-refractivity contribution < 1.29 is 9.59 Å². The topological polar surface area (TPSA) is 75.4 Å². The normalized spacial score (nSPS) is 22.5. The summed E-state index contributed by atoms with van der Waals surface area (Å²) in [6.07, 6.45) is 0. The molecule has 0 aliphatic carbocycles. The minimum atomic E-state index is -0.708. The Balaban J connectivity index is 1.90. The van der Waals surface area contributed by atoms with Gasteiger partial charge in [-0.25, -0.2) is 0 Å². The lowest BCUT2D eigenvalue weighted by Crippen LogP contribution is -2.65. The minimum absolute atomic E-state index is 0.0895. The molecule has 5 heteroatoms. The number of benzene rings is 1. The van der Waals surface area contributed by atoms with Crippen molar-refractivity contribution in [1.82, 2.24) is 10.2 Å². The second kappa shape index (κ2) is 6.08.